The summed E-state index contributed by atoms with van der Waals surface area (Å²) in [5.74, 6) is 2.48. The van der Waals surface area contributed by atoms with Crippen LogP contribution < -0.4 is 18.9 Å². The molecule has 1 heterocycles. The van der Waals surface area contributed by atoms with Crippen molar-refractivity contribution < 1.29 is 38.0 Å². The Labute approximate surface area is 318 Å². The fraction of sp³-hybridized carbons (Fsp3) is 0.391. The SMILES string of the molecule is Cc1cc(C2c3c(ccc4cc(OCC(=O)OC(C)(C)C)ccc34)Oc3ccc4cc(OCC(C)(C)C)ccc4c32)cc(C)c1OCC(=O)OC(C)(C)C. The molecule has 5 aromatic carbocycles. The zero-order chi connectivity index (χ0) is 39.2. The highest BCUT2D eigenvalue weighted by Gasteiger charge is 2.33. The standard InChI is InChI=1S/C46H52O8/c1-27-20-31(21-28(2)43(27)50-25-39(48)54-46(9,10)11)40-41-34-16-14-32(49-24-38(47)53-45(6,7)8)22-29(34)12-18-36(41)52-37-19-13-30-23-33(51-26-44(3,4)5)15-17-35(30)42(37)40/h12-23,40H,24-26H2,1-11H3. The molecule has 54 heavy (non-hydrogen) atoms. The van der Waals surface area contributed by atoms with Crippen LogP contribution >= 0.6 is 0 Å². The van der Waals surface area contributed by atoms with Crippen molar-refractivity contribution >= 4 is 33.5 Å². The van der Waals surface area contributed by atoms with Gasteiger partial charge < -0.3 is 28.4 Å². The highest BCUT2D eigenvalue weighted by molar-refractivity contribution is 5.96. The molecule has 6 rings (SSSR count). The lowest BCUT2D eigenvalue weighted by atomic mass is 9.77. The highest BCUT2D eigenvalue weighted by atomic mass is 16.6. The Morgan fingerprint density at radius 2 is 1.06 bits per heavy atom. The fourth-order valence-electron chi connectivity index (χ4n) is 6.87. The van der Waals surface area contributed by atoms with Gasteiger partial charge in [-0.25, -0.2) is 9.59 Å². The molecule has 0 saturated carbocycles. The van der Waals surface area contributed by atoms with Gasteiger partial charge in [-0.1, -0.05) is 57.2 Å². The van der Waals surface area contributed by atoms with Gasteiger partial charge in [-0.2, -0.15) is 0 Å². The van der Waals surface area contributed by atoms with Crippen LogP contribution in [-0.2, 0) is 19.1 Å². The van der Waals surface area contributed by atoms with E-state index in [2.05, 4.69) is 51.1 Å². The van der Waals surface area contributed by atoms with E-state index in [9.17, 15) is 9.59 Å². The van der Waals surface area contributed by atoms with Gasteiger partial charge >= 0.3 is 11.9 Å². The molecule has 0 N–H and O–H groups in total. The quantitative estimate of drug-likeness (QED) is 0.136. The van der Waals surface area contributed by atoms with Crippen molar-refractivity contribution in [3.8, 4) is 28.7 Å². The maximum absolute atomic E-state index is 12.6. The lowest BCUT2D eigenvalue weighted by Gasteiger charge is -2.32. The third-order valence-corrected chi connectivity index (χ3v) is 8.80. The van der Waals surface area contributed by atoms with Gasteiger partial charge in [0.1, 0.15) is 39.9 Å². The molecule has 0 aromatic heterocycles. The van der Waals surface area contributed by atoms with E-state index in [0.717, 1.165) is 66.6 Å². The van der Waals surface area contributed by atoms with Gasteiger partial charge in [-0.15, -0.1) is 0 Å². The Bertz CT molecular complexity index is 2210. The molecular formula is C46H52O8. The largest absolute Gasteiger partial charge is 0.493 e. The Kier molecular flexibility index (Phi) is 10.4. The van der Waals surface area contributed by atoms with Crippen molar-refractivity contribution in [3.05, 3.63) is 101 Å². The highest BCUT2D eigenvalue weighted by Crippen LogP contribution is 2.53. The Hall–Kier alpha value is -5.24. The summed E-state index contributed by atoms with van der Waals surface area (Å²) in [6.07, 6.45) is 0. The van der Waals surface area contributed by atoms with Crippen LogP contribution in [0.1, 0.15) is 96.0 Å². The number of carbonyl (C=O) groups excluding carboxylic acids is 2. The van der Waals surface area contributed by atoms with Crippen LogP contribution in [0.15, 0.2) is 72.8 Å². The second-order valence-electron chi connectivity index (χ2n) is 17.3. The Morgan fingerprint density at radius 3 is 1.52 bits per heavy atom. The molecule has 1 aliphatic rings. The number of ether oxygens (including phenoxy) is 6. The van der Waals surface area contributed by atoms with Crippen molar-refractivity contribution in [1.82, 2.24) is 0 Å². The normalized spacial score (nSPS) is 14.2. The summed E-state index contributed by atoms with van der Waals surface area (Å²) >= 11 is 0. The molecular weight excluding hydrogens is 680 g/mol. The molecule has 284 valence electrons. The monoisotopic (exact) mass is 732 g/mol. The number of fused-ring (bicyclic) bond motifs is 6. The van der Waals surface area contributed by atoms with Crippen molar-refractivity contribution in [3.63, 3.8) is 0 Å². The minimum absolute atomic E-state index is 0.0215. The molecule has 0 saturated heterocycles. The van der Waals surface area contributed by atoms with Gasteiger partial charge in [-0.05, 0) is 135 Å². The molecule has 8 heteroatoms. The third kappa shape index (κ3) is 8.92. The van der Waals surface area contributed by atoms with Crippen LogP contribution in [0, 0.1) is 19.3 Å². The number of aryl methyl sites for hydroxylation is 2. The van der Waals surface area contributed by atoms with Crippen LogP contribution in [0.4, 0.5) is 0 Å². The van der Waals surface area contributed by atoms with Crippen molar-refractivity contribution in [2.24, 2.45) is 5.41 Å². The van der Waals surface area contributed by atoms with Gasteiger partial charge in [0.15, 0.2) is 13.2 Å². The molecule has 8 nitrogen and oxygen atoms in total. The Morgan fingerprint density at radius 1 is 0.593 bits per heavy atom. The number of esters is 2. The summed E-state index contributed by atoms with van der Waals surface area (Å²) in [4.78, 5) is 25.0. The van der Waals surface area contributed by atoms with Gasteiger partial charge in [-0.3, -0.25) is 0 Å². The smallest absolute Gasteiger partial charge is 0.344 e. The minimum atomic E-state index is -0.603. The van der Waals surface area contributed by atoms with E-state index in [1.165, 1.54) is 0 Å². The molecule has 1 unspecified atom stereocenters. The molecule has 1 atom stereocenters. The van der Waals surface area contributed by atoms with Gasteiger partial charge in [0.2, 0.25) is 0 Å². The van der Waals surface area contributed by atoms with Crippen LogP contribution in [-0.4, -0.2) is 43.0 Å². The molecule has 0 bridgehead atoms. The first-order chi connectivity index (χ1) is 25.2. The van der Waals surface area contributed by atoms with Gasteiger partial charge in [0.05, 0.1) is 6.61 Å². The van der Waals surface area contributed by atoms with Gasteiger partial charge in [0.25, 0.3) is 0 Å². The summed E-state index contributed by atoms with van der Waals surface area (Å²) in [6.45, 7) is 21.7. The van der Waals surface area contributed by atoms with E-state index in [0.29, 0.717) is 18.1 Å². The first-order valence-electron chi connectivity index (χ1n) is 18.5. The number of carbonyl (C=O) groups is 2. The summed E-state index contributed by atoms with van der Waals surface area (Å²) in [6, 6.07) is 24.5. The first-order valence-corrected chi connectivity index (χ1v) is 18.5. The van der Waals surface area contributed by atoms with E-state index < -0.39 is 23.1 Å². The zero-order valence-corrected chi connectivity index (χ0v) is 33.4. The zero-order valence-electron chi connectivity index (χ0n) is 33.4. The number of hydrogen-bond donors (Lipinski definition) is 0. The predicted octanol–water partition coefficient (Wildman–Crippen LogP) is 10.8. The number of hydrogen-bond acceptors (Lipinski definition) is 8. The van der Waals surface area contributed by atoms with E-state index in [-0.39, 0.29) is 24.5 Å². The average Bonchev–Trinajstić information content (AvgIpc) is 3.06. The molecule has 0 spiro atoms. The average molecular weight is 733 g/mol. The first kappa shape index (κ1) is 38.5. The van der Waals surface area contributed by atoms with E-state index in [4.69, 9.17) is 28.4 Å². The topological polar surface area (TPSA) is 89.5 Å². The van der Waals surface area contributed by atoms with Crippen LogP contribution in [0.2, 0.25) is 0 Å². The summed E-state index contributed by atoms with van der Waals surface area (Å²) in [5.41, 5.74) is 3.74. The molecule has 0 amide bonds. The maximum atomic E-state index is 12.6. The number of benzene rings is 5. The van der Waals surface area contributed by atoms with E-state index in [1.807, 2.05) is 97.9 Å². The second-order valence-corrected chi connectivity index (χ2v) is 17.3. The molecule has 0 aliphatic carbocycles. The van der Waals surface area contributed by atoms with Crippen LogP contribution in [0.25, 0.3) is 21.5 Å². The summed E-state index contributed by atoms with van der Waals surface area (Å²) in [7, 11) is 0. The van der Waals surface area contributed by atoms with Crippen LogP contribution in [0.3, 0.4) is 0 Å². The van der Waals surface area contributed by atoms with Crippen molar-refractivity contribution in [2.75, 3.05) is 19.8 Å². The second kappa shape index (κ2) is 14.5. The fourth-order valence-corrected chi connectivity index (χ4v) is 6.87. The molecule has 1 aliphatic heterocycles. The molecule has 0 radical (unpaired) electrons. The summed E-state index contributed by atoms with van der Waals surface area (Å²) in [5, 5.41) is 4.04. The third-order valence-electron chi connectivity index (χ3n) is 8.80. The van der Waals surface area contributed by atoms with E-state index in [1.54, 1.807) is 0 Å². The minimum Gasteiger partial charge on any atom is -0.493 e. The van der Waals surface area contributed by atoms with Crippen LogP contribution in [0.5, 0.6) is 28.7 Å². The molecule has 0 fully saturated rings. The van der Waals surface area contributed by atoms with Crippen molar-refractivity contribution in [2.45, 2.75) is 93.3 Å². The lowest BCUT2D eigenvalue weighted by Crippen LogP contribution is -2.27. The van der Waals surface area contributed by atoms with Gasteiger partial charge in [0, 0.05) is 17.0 Å². The maximum Gasteiger partial charge on any atom is 0.344 e. The number of rotatable bonds is 9. The summed E-state index contributed by atoms with van der Waals surface area (Å²) < 4.78 is 35.8. The Balaban J connectivity index is 1.45. The predicted molar refractivity (Wildman–Crippen MR) is 212 cm³/mol. The molecule has 5 aromatic rings. The lowest BCUT2D eigenvalue weighted by molar-refractivity contribution is -0.158. The van der Waals surface area contributed by atoms with E-state index >= 15 is 0 Å². The van der Waals surface area contributed by atoms with Crippen molar-refractivity contribution in [1.29, 1.82) is 0 Å².